The fourth-order valence-corrected chi connectivity index (χ4v) is 5.22. The standard InChI is InChI=1S/C28H24N4S/c1-4-10-25-22(5-2)19(3)30-28-27(23-11-6-7-13-26(23)33-28)31-32(25)21-16-14-20(15-17-21)24-12-8-9-18-29-24/h4-18,28,30H,2-3H2,1H3/b10-4-,25-22-,31-27-. The van der Waals surface area contributed by atoms with Gasteiger partial charge in [-0.3, -0.25) is 4.98 Å². The van der Waals surface area contributed by atoms with E-state index in [0.717, 1.165) is 45.2 Å². The molecule has 0 amide bonds. The number of hydrazone groups is 1. The maximum atomic E-state index is 5.20. The number of anilines is 1. The number of pyridine rings is 1. The van der Waals surface area contributed by atoms with Crippen LogP contribution in [0.15, 0.2) is 131 Å². The number of nitrogens with one attached hydrogen (secondary N) is 1. The van der Waals surface area contributed by atoms with Gasteiger partial charge in [0.25, 0.3) is 0 Å². The van der Waals surface area contributed by atoms with Crippen LogP contribution in [0, 0.1) is 0 Å². The van der Waals surface area contributed by atoms with Crippen molar-refractivity contribution in [2.75, 3.05) is 5.01 Å². The quantitative estimate of drug-likeness (QED) is 0.493. The van der Waals surface area contributed by atoms with Crippen LogP contribution in [-0.2, 0) is 0 Å². The number of allylic oxidation sites excluding steroid dienone is 3. The smallest absolute Gasteiger partial charge is 0.122 e. The molecule has 0 fully saturated rings. The lowest BCUT2D eigenvalue weighted by Gasteiger charge is -2.29. The van der Waals surface area contributed by atoms with Crippen LogP contribution in [0.25, 0.3) is 11.3 Å². The van der Waals surface area contributed by atoms with Gasteiger partial charge in [-0.2, -0.15) is 5.10 Å². The first kappa shape index (κ1) is 21.0. The Morgan fingerprint density at radius 1 is 1.03 bits per heavy atom. The molecule has 1 atom stereocenters. The highest BCUT2D eigenvalue weighted by Crippen LogP contribution is 2.39. The summed E-state index contributed by atoms with van der Waals surface area (Å²) in [6.07, 6.45) is 7.71. The van der Waals surface area contributed by atoms with Gasteiger partial charge in [0.05, 0.1) is 17.1 Å². The maximum Gasteiger partial charge on any atom is 0.122 e. The highest BCUT2D eigenvalue weighted by atomic mass is 32.2. The van der Waals surface area contributed by atoms with Crippen LogP contribution in [0.2, 0.25) is 0 Å². The molecular formula is C28H24N4S. The zero-order valence-corrected chi connectivity index (χ0v) is 19.2. The van der Waals surface area contributed by atoms with Crippen LogP contribution in [0.5, 0.6) is 0 Å². The van der Waals surface area contributed by atoms with Crippen LogP contribution in [0.3, 0.4) is 0 Å². The Kier molecular flexibility index (Phi) is 5.71. The third-order valence-corrected chi connectivity index (χ3v) is 6.79. The van der Waals surface area contributed by atoms with Crippen molar-refractivity contribution in [2.24, 2.45) is 5.10 Å². The maximum absolute atomic E-state index is 5.20. The number of rotatable bonds is 4. The van der Waals surface area contributed by atoms with Gasteiger partial charge in [0.1, 0.15) is 11.1 Å². The second-order valence-electron chi connectivity index (χ2n) is 7.68. The van der Waals surface area contributed by atoms with Gasteiger partial charge in [-0.25, -0.2) is 5.01 Å². The predicted molar refractivity (Wildman–Crippen MR) is 139 cm³/mol. The summed E-state index contributed by atoms with van der Waals surface area (Å²) in [5.41, 5.74) is 7.74. The van der Waals surface area contributed by atoms with E-state index in [9.17, 15) is 0 Å². The number of fused-ring (bicyclic) bond motifs is 3. The van der Waals surface area contributed by atoms with Crippen molar-refractivity contribution in [3.05, 3.63) is 127 Å². The van der Waals surface area contributed by atoms with Crippen LogP contribution in [0.1, 0.15) is 12.5 Å². The highest BCUT2D eigenvalue weighted by Gasteiger charge is 2.33. The van der Waals surface area contributed by atoms with Crippen LogP contribution >= 0.6 is 11.8 Å². The summed E-state index contributed by atoms with van der Waals surface area (Å²) in [6.45, 7) is 10.4. The molecule has 33 heavy (non-hydrogen) atoms. The summed E-state index contributed by atoms with van der Waals surface area (Å²) in [5.74, 6) is 0. The van der Waals surface area contributed by atoms with Crippen molar-refractivity contribution in [3.8, 4) is 11.3 Å². The van der Waals surface area contributed by atoms with Gasteiger partial charge >= 0.3 is 0 Å². The van der Waals surface area contributed by atoms with Gasteiger partial charge in [-0.05, 0) is 43.3 Å². The second kappa shape index (κ2) is 8.96. The first-order valence-corrected chi connectivity index (χ1v) is 11.7. The summed E-state index contributed by atoms with van der Waals surface area (Å²) < 4.78 is 0. The summed E-state index contributed by atoms with van der Waals surface area (Å²) in [7, 11) is 0. The average molecular weight is 449 g/mol. The molecule has 162 valence electrons. The molecular weight excluding hydrogens is 424 g/mol. The molecule has 0 spiro atoms. The molecule has 0 saturated carbocycles. The van der Waals surface area contributed by atoms with E-state index in [0.29, 0.717) is 0 Å². The Morgan fingerprint density at radius 2 is 1.82 bits per heavy atom. The van der Waals surface area contributed by atoms with Crippen molar-refractivity contribution >= 4 is 23.2 Å². The van der Waals surface area contributed by atoms with Gasteiger partial charge in [-0.1, -0.05) is 73.5 Å². The third-order valence-electron chi connectivity index (χ3n) is 5.60. The van der Waals surface area contributed by atoms with Gasteiger partial charge < -0.3 is 5.32 Å². The van der Waals surface area contributed by atoms with Gasteiger partial charge in [0.15, 0.2) is 0 Å². The van der Waals surface area contributed by atoms with Crippen LogP contribution in [0.4, 0.5) is 5.69 Å². The van der Waals surface area contributed by atoms with E-state index < -0.39 is 0 Å². The Bertz CT molecular complexity index is 1300. The van der Waals surface area contributed by atoms with Crippen molar-refractivity contribution in [1.82, 2.24) is 10.3 Å². The normalized spacial score (nSPS) is 21.5. The fourth-order valence-electron chi connectivity index (χ4n) is 4.03. The summed E-state index contributed by atoms with van der Waals surface area (Å²) >= 11 is 1.76. The lowest BCUT2D eigenvalue weighted by Crippen LogP contribution is -2.36. The zero-order chi connectivity index (χ0) is 22.8. The first-order chi connectivity index (χ1) is 16.2. The minimum absolute atomic E-state index is 0.0210. The van der Waals surface area contributed by atoms with Gasteiger partial charge in [0.2, 0.25) is 0 Å². The van der Waals surface area contributed by atoms with E-state index in [2.05, 4.69) is 78.1 Å². The third kappa shape index (κ3) is 3.92. The molecule has 0 aliphatic carbocycles. The van der Waals surface area contributed by atoms with Gasteiger partial charge in [0, 0.05) is 33.5 Å². The molecule has 4 nitrogen and oxygen atoms in total. The lowest BCUT2D eigenvalue weighted by atomic mass is 10.1. The molecule has 2 aromatic carbocycles. The zero-order valence-electron chi connectivity index (χ0n) is 18.4. The van der Waals surface area contributed by atoms with Crippen molar-refractivity contribution in [3.63, 3.8) is 0 Å². The molecule has 2 aliphatic heterocycles. The average Bonchev–Trinajstić information content (AvgIpc) is 3.18. The van der Waals surface area contributed by atoms with E-state index in [1.807, 2.05) is 48.5 Å². The number of hydrogen-bond donors (Lipinski definition) is 1. The Balaban J connectivity index is 1.67. The number of aromatic nitrogens is 1. The van der Waals surface area contributed by atoms with Crippen molar-refractivity contribution < 1.29 is 0 Å². The number of nitrogens with zero attached hydrogens (tertiary/aromatic N) is 3. The Morgan fingerprint density at radius 3 is 2.55 bits per heavy atom. The number of thioether (sulfide) groups is 1. The molecule has 3 aromatic rings. The molecule has 1 N–H and O–H groups in total. The van der Waals surface area contributed by atoms with E-state index >= 15 is 0 Å². The summed E-state index contributed by atoms with van der Waals surface area (Å²) in [5, 5.41) is 10.7. The van der Waals surface area contributed by atoms with Crippen LogP contribution < -0.4 is 10.3 Å². The van der Waals surface area contributed by atoms with E-state index in [4.69, 9.17) is 5.10 Å². The molecule has 0 bridgehead atoms. The molecule has 2 aliphatic rings. The molecule has 5 rings (SSSR count). The van der Waals surface area contributed by atoms with E-state index in [1.54, 1.807) is 11.8 Å². The molecule has 1 aromatic heterocycles. The first-order valence-electron chi connectivity index (χ1n) is 10.8. The number of benzene rings is 2. The van der Waals surface area contributed by atoms with Gasteiger partial charge in [-0.15, -0.1) is 0 Å². The Hall–Kier alpha value is -3.83. The lowest BCUT2D eigenvalue weighted by molar-refractivity contribution is 0.869. The molecule has 3 heterocycles. The van der Waals surface area contributed by atoms with E-state index in [-0.39, 0.29) is 5.37 Å². The molecule has 0 radical (unpaired) electrons. The molecule has 5 heteroatoms. The minimum atomic E-state index is -0.0210. The highest BCUT2D eigenvalue weighted by molar-refractivity contribution is 8.01. The minimum Gasteiger partial charge on any atom is -0.368 e. The van der Waals surface area contributed by atoms with E-state index in [1.165, 1.54) is 4.90 Å². The second-order valence-corrected chi connectivity index (χ2v) is 8.83. The SMILES string of the molecule is C=C/C1=C(\C=C/C)N(c2ccc(-c3ccccn3)cc2)/N=C2/c3ccccc3SC2NC1=C. The largest absolute Gasteiger partial charge is 0.368 e. The molecule has 0 saturated heterocycles. The topological polar surface area (TPSA) is 40.5 Å². The fraction of sp³-hybridized carbons (Fsp3) is 0.0714. The summed E-state index contributed by atoms with van der Waals surface area (Å²) in [6, 6.07) is 22.7. The number of hydrogen-bond acceptors (Lipinski definition) is 5. The summed E-state index contributed by atoms with van der Waals surface area (Å²) in [4.78, 5) is 5.68. The van der Waals surface area contributed by atoms with Crippen molar-refractivity contribution in [1.29, 1.82) is 0 Å². The Labute approximate surface area is 198 Å². The molecule has 1 unspecified atom stereocenters. The monoisotopic (exact) mass is 448 g/mol. The van der Waals surface area contributed by atoms with Crippen LogP contribution in [-0.4, -0.2) is 16.1 Å². The van der Waals surface area contributed by atoms with Crippen molar-refractivity contribution in [2.45, 2.75) is 17.2 Å². The predicted octanol–water partition coefficient (Wildman–Crippen LogP) is 6.52.